The molecule has 62 valence electrons. The van der Waals surface area contributed by atoms with Crippen molar-refractivity contribution in [3.63, 3.8) is 0 Å². The fraction of sp³-hybridized carbons (Fsp3) is 0.222. The van der Waals surface area contributed by atoms with Gasteiger partial charge in [0.25, 0.3) is 0 Å². The van der Waals surface area contributed by atoms with E-state index in [-0.39, 0.29) is 0 Å². The van der Waals surface area contributed by atoms with Crippen LogP contribution in [-0.4, -0.2) is 0 Å². The molecule has 1 nitrogen and oxygen atoms in total. The van der Waals surface area contributed by atoms with Gasteiger partial charge in [0.05, 0.1) is 11.6 Å². The number of alkyl halides is 1. The molecule has 0 aliphatic rings. The molecule has 0 aromatic heterocycles. The number of hydrogen-bond donors (Lipinski definition) is 0. The Balaban J connectivity index is 3.30. The molecule has 0 aliphatic heterocycles. The molecule has 0 atom stereocenters. The van der Waals surface area contributed by atoms with Gasteiger partial charge in [-0.3, -0.25) is 0 Å². The molecule has 3 heteroatoms. The van der Waals surface area contributed by atoms with Crippen LogP contribution in [0.5, 0.6) is 0 Å². The van der Waals surface area contributed by atoms with Crippen LogP contribution in [0.25, 0.3) is 0 Å². The lowest BCUT2D eigenvalue weighted by molar-refractivity contribution is 1.31. The van der Waals surface area contributed by atoms with Gasteiger partial charge in [-0.25, -0.2) is 0 Å². The molecule has 0 fully saturated rings. The standard InChI is InChI=1S/C9H7BrClN/c1-6-2-7(5-12)3-9(11)8(6)4-10/h2-3H,4H2,1H3. The van der Waals surface area contributed by atoms with E-state index in [0.29, 0.717) is 10.6 Å². The minimum absolute atomic E-state index is 0.613. The normalized spacial score (nSPS) is 9.50. The molecular weight excluding hydrogens is 237 g/mol. The fourth-order valence-corrected chi connectivity index (χ4v) is 2.25. The highest BCUT2D eigenvalue weighted by Crippen LogP contribution is 2.23. The Bertz CT molecular complexity index is 318. The molecule has 0 heterocycles. The van der Waals surface area contributed by atoms with E-state index in [2.05, 4.69) is 22.0 Å². The average Bonchev–Trinajstić information content (AvgIpc) is 2.03. The quantitative estimate of drug-likeness (QED) is 0.695. The fourth-order valence-electron chi connectivity index (χ4n) is 1.01. The highest BCUT2D eigenvalue weighted by Gasteiger charge is 2.04. The molecule has 0 bridgehead atoms. The number of hydrogen-bond acceptors (Lipinski definition) is 1. The lowest BCUT2D eigenvalue weighted by Gasteiger charge is -2.04. The molecule has 0 radical (unpaired) electrons. The summed E-state index contributed by atoms with van der Waals surface area (Å²) in [5.41, 5.74) is 2.72. The molecule has 0 N–H and O–H groups in total. The van der Waals surface area contributed by atoms with Crippen LogP contribution in [0.1, 0.15) is 16.7 Å². The van der Waals surface area contributed by atoms with Crippen molar-refractivity contribution in [2.75, 3.05) is 0 Å². The Morgan fingerprint density at radius 2 is 2.25 bits per heavy atom. The zero-order chi connectivity index (χ0) is 9.14. The molecule has 0 saturated carbocycles. The predicted octanol–water partition coefficient (Wildman–Crippen LogP) is 3.42. The van der Waals surface area contributed by atoms with Crippen molar-refractivity contribution in [3.8, 4) is 6.07 Å². The summed E-state index contributed by atoms with van der Waals surface area (Å²) in [7, 11) is 0. The second-order valence-corrected chi connectivity index (χ2v) is 3.47. The Hall–Kier alpha value is -0.520. The van der Waals surface area contributed by atoms with Crippen LogP contribution in [0.2, 0.25) is 5.02 Å². The molecule has 0 amide bonds. The number of nitrogens with zero attached hydrogens (tertiary/aromatic N) is 1. The topological polar surface area (TPSA) is 23.8 Å². The summed E-state index contributed by atoms with van der Waals surface area (Å²) in [5, 5.41) is 10.0. The van der Waals surface area contributed by atoms with Crippen molar-refractivity contribution in [1.82, 2.24) is 0 Å². The number of rotatable bonds is 1. The molecule has 1 aromatic carbocycles. The van der Waals surface area contributed by atoms with Crippen LogP contribution in [0, 0.1) is 18.3 Å². The number of halogens is 2. The Kier molecular flexibility index (Phi) is 3.13. The van der Waals surface area contributed by atoms with E-state index in [4.69, 9.17) is 16.9 Å². The van der Waals surface area contributed by atoms with E-state index in [0.717, 1.165) is 16.5 Å². The van der Waals surface area contributed by atoms with Gasteiger partial charge in [-0.05, 0) is 30.2 Å². The van der Waals surface area contributed by atoms with E-state index in [1.165, 1.54) is 0 Å². The molecule has 12 heavy (non-hydrogen) atoms. The maximum Gasteiger partial charge on any atom is 0.0992 e. The van der Waals surface area contributed by atoms with Gasteiger partial charge in [-0.2, -0.15) is 5.26 Å². The monoisotopic (exact) mass is 243 g/mol. The third-order valence-electron chi connectivity index (χ3n) is 1.68. The molecular formula is C9H7BrClN. The van der Waals surface area contributed by atoms with Gasteiger partial charge in [0.15, 0.2) is 0 Å². The van der Waals surface area contributed by atoms with Crippen LogP contribution >= 0.6 is 27.5 Å². The average molecular weight is 245 g/mol. The summed E-state index contributed by atoms with van der Waals surface area (Å²) >= 11 is 9.27. The first-order valence-electron chi connectivity index (χ1n) is 3.44. The molecule has 0 aliphatic carbocycles. The van der Waals surface area contributed by atoms with Gasteiger partial charge in [0.1, 0.15) is 0 Å². The van der Waals surface area contributed by atoms with Crippen molar-refractivity contribution >= 4 is 27.5 Å². The first-order chi connectivity index (χ1) is 5.69. The SMILES string of the molecule is Cc1cc(C#N)cc(Cl)c1CBr. The highest BCUT2D eigenvalue weighted by atomic mass is 79.9. The summed E-state index contributed by atoms with van der Waals surface area (Å²) < 4.78 is 0. The van der Waals surface area contributed by atoms with Crippen molar-refractivity contribution in [3.05, 3.63) is 33.8 Å². The molecule has 1 rings (SSSR count). The summed E-state index contributed by atoms with van der Waals surface area (Å²) in [4.78, 5) is 0. The summed E-state index contributed by atoms with van der Waals surface area (Å²) in [5.74, 6) is 0. The highest BCUT2D eigenvalue weighted by molar-refractivity contribution is 9.08. The minimum atomic E-state index is 0.613. The number of nitriles is 1. The third kappa shape index (κ3) is 1.80. The van der Waals surface area contributed by atoms with E-state index in [1.54, 1.807) is 6.07 Å². The van der Waals surface area contributed by atoms with Crippen LogP contribution in [-0.2, 0) is 5.33 Å². The summed E-state index contributed by atoms with van der Waals surface area (Å²) in [6.45, 7) is 1.95. The second kappa shape index (κ2) is 3.93. The van der Waals surface area contributed by atoms with Gasteiger partial charge in [0, 0.05) is 10.4 Å². The molecule has 0 spiro atoms. The first kappa shape index (κ1) is 9.57. The van der Waals surface area contributed by atoms with Gasteiger partial charge >= 0.3 is 0 Å². The van der Waals surface area contributed by atoms with Gasteiger partial charge < -0.3 is 0 Å². The largest absolute Gasteiger partial charge is 0.192 e. The molecule has 0 unspecified atom stereocenters. The zero-order valence-electron chi connectivity index (χ0n) is 6.56. The van der Waals surface area contributed by atoms with E-state index in [9.17, 15) is 0 Å². The minimum Gasteiger partial charge on any atom is -0.192 e. The van der Waals surface area contributed by atoms with Crippen LogP contribution < -0.4 is 0 Å². The van der Waals surface area contributed by atoms with Gasteiger partial charge in [-0.15, -0.1) is 0 Å². The first-order valence-corrected chi connectivity index (χ1v) is 4.94. The summed E-state index contributed by atoms with van der Waals surface area (Å²) in [6, 6.07) is 5.58. The maximum atomic E-state index is 8.63. The smallest absolute Gasteiger partial charge is 0.0992 e. The Morgan fingerprint density at radius 3 is 2.67 bits per heavy atom. The van der Waals surface area contributed by atoms with Gasteiger partial charge in [-0.1, -0.05) is 27.5 Å². The predicted molar refractivity (Wildman–Crippen MR) is 53.5 cm³/mol. The van der Waals surface area contributed by atoms with Crippen LogP contribution in [0.3, 0.4) is 0 Å². The van der Waals surface area contributed by atoms with Crippen molar-refractivity contribution in [2.24, 2.45) is 0 Å². The number of aryl methyl sites for hydroxylation is 1. The van der Waals surface area contributed by atoms with Crippen LogP contribution in [0.15, 0.2) is 12.1 Å². The van der Waals surface area contributed by atoms with E-state index < -0.39 is 0 Å². The Labute approximate surface area is 85.1 Å². The van der Waals surface area contributed by atoms with E-state index >= 15 is 0 Å². The van der Waals surface area contributed by atoms with E-state index in [1.807, 2.05) is 13.0 Å². The van der Waals surface area contributed by atoms with Crippen molar-refractivity contribution in [1.29, 1.82) is 5.26 Å². The zero-order valence-corrected chi connectivity index (χ0v) is 8.91. The van der Waals surface area contributed by atoms with Gasteiger partial charge in [0.2, 0.25) is 0 Å². The third-order valence-corrected chi connectivity index (χ3v) is 2.58. The molecule has 1 aromatic rings. The lowest BCUT2D eigenvalue weighted by Crippen LogP contribution is -1.88. The number of benzene rings is 1. The molecule has 0 saturated heterocycles. The summed E-state index contributed by atoms with van der Waals surface area (Å²) in [6.07, 6.45) is 0. The van der Waals surface area contributed by atoms with Crippen molar-refractivity contribution < 1.29 is 0 Å². The second-order valence-electron chi connectivity index (χ2n) is 2.50. The lowest BCUT2D eigenvalue weighted by atomic mass is 10.1. The maximum absolute atomic E-state index is 8.63. The van der Waals surface area contributed by atoms with Crippen LogP contribution in [0.4, 0.5) is 0 Å². The Morgan fingerprint density at radius 1 is 1.58 bits per heavy atom. The van der Waals surface area contributed by atoms with Crippen molar-refractivity contribution in [2.45, 2.75) is 12.3 Å².